The largest absolute Gasteiger partial charge is 1.00 e. The van der Waals surface area contributed by atoms with Crippen LogP contribution in [0.25, 0.3) is 5.57 Å². The van der Waals surface area contributed by atoms with Crippen LogP contribution in [0.4, 0.5) is 0 Å². The molecule has 0 bridgehead atoms. The van der Waals surface area contributed by atoms with Gasteiger partial charge in [-0.25, -0.2) is 0 Å². The summed E-state index contributed by atoms with van der Waals surface area (Å²) in [4.78, 5) is 10.8. The van der Waals surface area contributed by atoms with Gasteiger partial charge < -0.3 is 10.3 Å². The minimum absolute atomic E-state index is 0. The van der Waals surface area contributed by atoms with E-state index in [0.717, 1.165) is 11.1 Å². The Hall–Kier alpha value is 0.395. The molecule has 0 amide bonds. The number of hydrogen-bond donors (Lipinski definition) is 0. The van der Waals surface area contributed by atoms with Gasteiger partial charge in [0.1, 0.15) is 0 Å². The second kappa shape index (κ2) is 7.77. The van der Waals surface area contributed by atoms with Gasteiger partial charge in [-0.15, -0.1) is 18.2 Å². The molecule has 0 saturated heterocycles. The van der Waals surface area contributed by atoms with Crippen LogP contribution in [0.5, 0.6) is 0 Å². The molecule has 0 unspecified atom stereocenters. The zero-order chi connectivity index (χ0) is 8.27. The van der Waals surface area contributed by atoms with E-state index < -0.39 is 0 Å². The summed E-state index contributed by atoms with van der Waals surface area (Å²) in [5.74, 6) is 0. The maximum atomic E-state index is 10.8. The molecule has 0 fully saturated rings. The van der Waals surface area contributed by atoms with Crippen LogP contribution < -0.4 is 63.6 Å². The predicted octanol–water partition coefficient (Wildman–Crippen LogP) is -1.29. The summed E-state index contributed by atoms with van der Waals surface area (Å²) in [6.45, 7) is 5.67. The minimum Gasteiger partial charge on any atom is -0.870 e. The fourth-order valence-electron chi connectivity index (χ4n) is 0.767. The third-order valence-electron chi connectivity index (χ3n) is 1.40. The van der Waals surface area contributed by atoms with Crippen LogP contribution >= 0.6 is 0 Å². The molecule has 0 atom stereocenters. The van der Waals surface area contributed by atoms with Gasteiger partial charge in [-0.05, 0) is 6.92 Å². The van der Waals surface area contributed by atoms with Gasteiger partial charge in [0.2, 0.25) is 0 Å². The Morgan fingerprint density at radius 3 is 2.54 bits per heavy atom. The quantitative estimate of drug-likeness (QED) is 0.580. The molecule has 0 aliphatic heterocycles. The molecule has 64 valence electrons. The Labute approximate surface area is 127 Å². The summed E-state index contributed by atoms with van der Waals surface area (Å²) in [5.41, 5.74) is 1.83. The normalized spacial score (nSPS) is 7.77. The van der Waals surface area contributed by atoms with Crippen molar-refractivity contribution >= 4 is 5.57 Å². The first kappa shape index (κ1) is 15.8. The first-order chi connectivity index (χ1) is 5.20. The fourth-order valence-corrected chi connectivity index (χ4v) is 0.767. The average Bonchev–Trinajstić information content (AvgIpc) is 2.13. The molecule has 0 heterocycles. The molecule has 0 aliphatic rings. The molecule has 1 N–H and O–H groups in total. The van der Waals surface area contributed by atoms with E-state index >= 15 is 0 Å². The summed E-state index contributed by atoms with van der Waals surface area (Å²) in [6, 6.07) is 9.24. The summed E-state index contributed by atoms with van der Waals surface area (Å²) >= 11 is 0. The first-order valence-electron chi connectivity index (χ1n) is 3.38. The predicted molar refractivity (Wildman–Crippen MR) is 48.2 cm³/mol. The molecule has 0 radical (unpaired) electrons. The summed E-state index contributed by atoms with van der Waals surface area (Å²) < 4.78 is 0. The Morgan fingerprint density at radius 1 is 1.38 bits per heavy atom. The molecule has 13 heavy (non-hydrogen) atoms. The maximum absolute atomic E-state index is 10.8. The number of rotatable bonds is 1. The van der Waals surface area contributed by atoms with Crippen molar-refractivity contribution in [1.82, 2.24) is 0 Å². The van der Waals surface area contributed by atoms with E-state index in [-0.39, 0.29) is 69.1 Å². The van der Waals surface area contributed by atoms with E-state index in [0.29, 0.717) is 0 Å². The fraction of sp³-hybridized carbons (Fsp3) is 0.100. The van der Waals surface area contributed by atoms with E-state index in [4.69, 9.17) is 0 Å². The maximum Gasteiger partial charge on any atom is 1.00 e. The van der Waals surface area contributed by atoms with Gasteiger partial charge in [0.15, 0.2) is 0 Å². The molecule has 0 saturated carbocycles. The third kappa shape index (κ3) is 5.65. The molecule has 0 aliphatic carbocycles. The van der Waals surface area contributed by atoms with E-state index in [1.54, 1.807) is 12.1 Å². The van der Waals surface area contributed by atoms with Crippen molar-refractivity contribution < 1.29 is 63.7 Å². The second-order valence-electron chi connectivity index (χ2n) is 2.41. The Kier molecular flexibility index (Phi) is 9.47. The zero-order valence-corrected chi connectivity index (χ0v) is 12.8. The standard InChI is InChI=1S/C10H9O.H2O.Rb/c1-8(2)9-4-3-5-10(11)7-6-9;;/h3-4,6-7H,1H2,2H3;1H2;/q-1;;+1/p-1. The molecule has 2 nitrogen and oxygen atoms in total. The van der Waals surface area contributed by atoms with Crippen molar-refractivity contribution in [2.45, 2.75) is 6.92 Å². The van der Waals surface area contributed by atoms with Crippen molar-refractivity contribution in [2.24, 2.45) is 0 Å². The van der Waals surface area contributed by atoms with Gasteiger partial charge in [-0.2, -0.15) is 12.1 Å². The molecule has 1 rings (SSSR count). The summed E-state index contributed by atoms with van der Waals surface area (Å²) in [7, 11) is 0. The molecular formula is C10H10O2Rb-. The number of hydrogen-bond acceptors (Lipinski definition) is 2. The van der Waals surface area contributed by atoms with E-state index in [2.05, 4.69) is 12.6 Å². The Morgan fingerprint density at radius 2 is 2.00 bits per heavy atom. The van der Waals surface area contributed by atoms with Crippen molar-refractivity contribution in [3.05, 3.63) is 52.7 Å². The molecule has 1 aromatic carbocycles. The monoisotopic (exact) mass is 247 g/mol. The van der Waals surface area contributed by atoms with Crippen LogP contribution in [0.2, 0.25) is 0 Å². The van der Waals surface area contributed by atoms with E-state index in [1.807, 2.05) is 13.0 Å². The summed E-state index contributed by atoms with van der Waals surface area (Å²) in [5, 5.41) is 0. The number of allylic oxidation sites excluding steroid dienone is 1. The SMILES string of the molecule is C=C(C)c1cc[c-]c(=O)cc1.[OH-].[Rb+]. The van der Waals surface area contributed by atoms with Gasteiger partial charge in [0.05, 0.1) is 5.43 Å². The topological polar surface area (TPSA) is 47.1 Å². The Bertz CT molecular complexity index is 334. The van der Waals surface area contributed by atoms with Crippen LogP contribution in [0.15, 0.2) is 35.6 Å². The van der Waals surface area contributed by atoms with Crippen LogP contribution in [0.3, 0.4) is 0 Å². The van der Waals surface area contributed by atoms with Gasteiger partial charge >= 0.3 is 58.2 Å². The van der Waals surface area contributed by atoms with Crippen molar-refractivity contribution in [1.29, 1.82) is 0 Å². The molecule has 1 aromatic rings. The first-order valence-corrected chi connectivity index (χ1v) is 3.38. The summed E-state index contributed by atoms with van der Waals surface area (Å²) in [6.07, 6.45) is 0. The van der Waals surface area contributed by atoms with Crippen molar-refractivity contribution in [3.8, 4) is 0 Å². The minimum atomic E-state index is -0.0995. The van der Waals surface area contributed by atoms with E-state index in [1.165, 1.54) is 6.07 Å². The van der Waals surface area contributed by atoms with Gasteiger partial charge in [0, 0.05) is 0 Å². The smallest absolute Gasteiger partial charge is 0.870 e. The second-order valence-corrected chi connectivity index (χ2v) is 2.41. The van der Waals surface area contributed by atoms with Crippen LogP contribution in [-0.4, -0.2) is 5.48 Å². The van der Waals surface area contributed by atoms with Gasteiger partial charge in [0.25, 0.3) is 0 Å². The van der Waals surface area contributed by atoms with Crippen LogP contribution in [-0.2, 0) is 0 Å². The van der Waals surface area contributed by atoms with Crippen LogP contribution in [0, 0.1) is 6.07 Å². The van der Waals surface area contributed by atoms with E-state index in [9.17, 15) is 4.79 Å². The zero-order valence-electron chi connectivity index (χ0n) is 7.87. The average molecular weight is 248 g/mol. The van der Waals surface area contributed by atoms with Crippen molar-refractivity contribution in [2.75, 3.05) is 0 Å². The third-order valence-corrected chi connectivity index (χ3v) is 1.40. The molecule has 0 aromatic heterocycles. The van der Waals surface area contributed by atoms with Crippen molar-refractivity contribution in [3.63, 3.8) is 0 Å². The van der Waals surface area contributed by atoms with Gasteiger partial charge in [-0.1, -0.05) is 17.7 Å². The van der Waals surface area contributed by atoms with Crippen LogP contribution in [0.1, 0.15) is 12.5 Å². The van der Waals surface area contributed by atoms with Gasteiger partial charge in [-0.3, -0.25) is 0 Å². The molecule has 0 spiro atoms. The Balaban J connectivity index is 0. The molecular weight excluding hydrogens is 238 g/mol. The molecule has 3 heteroatoms.